The maximum absolute atomic E-state index is 14.3. The Labute approximate surface area is 148 Å². The monoisotopic (exact) mass is 389 g/mol. The van der Waals surface area contributed by atoms with Gasteiger partial charge in [-0.25, -0.2) is 9.18 Å². The summed E-state index contributed by atoms with van der Waals surface area (Å²) in [6, 6.07) is 5.05. The molecule has 0 amide bonds. The number of nitrogens with zero attached hydrogens (tertiary/aromatic N) is 1. The second-order valence-electron chi connectivity index (χ2n) is 5.58. The topological polar surface area (TPSA) is 29.5 Å². The first-order valence-corrected chi connectivity index (χ1v) is 8.47. The van der Waals surface area contributed by atoms with Crippen LogP contribution in [-0.2, 0) is 9.53 Å². The molecule has 2 aliphatic heterocycles. The Kier molecular flexibility index (Phi) is 4.71. The molecular formula is C19H17BrFNO2. The molecule has 0 aliphatic carbocycles. The van der Waals surface area contributed by atoms with Crippen LogP contribution in [0.5, 0.6) is 0 Å². The van der Waals surface area contributed by atoms with Gasteiger partial charge in [-0.05, 0) is 42.3 Å². The summed E-state index contributed by atoms with van der Waals surface area (Å²) in [7, 11) is 1.37. The molecule has 1 unspecified atom stereocenters. The van der Waals surface area contributed by atoms with Crippen molar-refractivity contribution in [1.29, 1.82) is 0 Å². The Hall–Kier alpha value is -2.14. The molecule has 0 aromatic heterocycles. The van der Waals surface area contributed by atoms with Crippen LogP contribution in [0.4, 0.5) is 4.39 Å². The van der Waals surface area contributed by atoms with Crippen molar-refractivity contribution < 1.29 is 13.9 Å². The van der Waals surface area contributed by atoms with Gasteiger partial charge in [-0.1, -0.05) is 35.0 Å². The fourth-order valence-corrected chi connectivity index (χ4v) is 3.22. The lowest BCUT2D eigenvalue weighted by Crippen LogP contribution is -2.23. The van der Waals surface area contributed by atoms with E-state index >= 15 is 0 Å². The van der Waals surface area contributed by atoms with Crippen LogP contribution >= 0.6 is 15.9 Å². The smallest absolute Gasteiger partial charge is 0.337 e. The van der Waals surface area contributed by atoms with Gasteiger partial charge in [-0.15, -0.1) is 0 Å². The van der Waals surface area contributed by atoms with Gasteiger partial charge in [-0.2, -0.15) is 0 Å². The summed E-state index contributed by atoms with van der Waals surface area (Å²) in [5, 5.41) is 0. The minimum Gasteiger partial charge on any atom is -0.465 e. The first-order valence-electron chi connectivity index (χ1n) is 7.68. The lowest BCUT2D eigenvalue weighted by molar-refractivity contribution is -0.135. The molecule has 0 spiro atoms. The minimum atomic E-state index is -0.373. The molecule has 1 aromatic carbocycles. The predicted octanol–water partition coefficient (Wildman–Crippen LogP) is 4.79. The number of halogens is 2. The molecule has 0 fully saturated rings. The quantitative estimate of drug-likeness (QED) is 0.695. The van der Waals surface area contributed by atoms with Gasteiger partial charge in [0, 0.05) is 28.0 Å². The zero-order valence-electron chi connectivity index (χ0n) is 13.4. The fraction of sp³-hybridized carbons (Fsp3) is 0.211. The van der Waals surface area contributed by atoms with Crippen LogP contribution in [0.1, 0.15) is 24.8 Å². The molecule has 2 aliphatic rings. The maximum atomic E-state index is 14.3. The molecule has 0 saturated heterocycles. The molecule has 5 heteroatoms. The molecule has 2 heterocycles. The van der Waals surface area contributed by atoms with E-state index in [-0.39, 0.29) is 17.7 Å². The molecule has 0 radical (unpaired) electrons. The number of carbonyl (C=O) groups excluding carboxylic acids is 1. The van der Waals surface area contributed by atoms with E-state index in [1.54, 1.807) is 12.1 Å². The fourth-order valence-electron chi connectivity index (χ4n) is 2.89. The Balaban J connectivity index is 2.00. The van der Waals surface area contributed by atoms with Crippen molar-refractivity contribution in [3.8, 4) is 0 Å². The van der Waals surface area contributed by atoms with E-state index < -0.39 is 0 Å². The normalized spacial score (nSPS) is 19.2. The van der Waals surface area contributed by atoms with Crippen LogP contribution in [0.2, 0.25) is 0 Å². The lowest BCUT2D eigenvalue weighted by Gasteiger charge is -2.32. The number of fused-ring (bicyclic) bond motifs is 1. The summed E-state index contributed by atoms with van der Waals surface area (Å²) in [5.74, 6) is -0.818. The van der Waals surface area contributed by atoms with E-state index in [1.165, 1.54) is 13.2 Å². The zero-order chi connectivity index (χ0) is 17.3. The number of allylic oxidation sites excluding steroid dienone is 4. The van der Waals surface area contributed by atoms with Crippen molar-refractivity contribution in [2.45, 2.75) is 19.3 Å². The summed E-state index contributed by atoms with van der Waals surface area (Å²) in [6.45, 7) is 2.03. The van der Waals surface area contributed by atoms with Gasteiger partial charge in [0.05, 0.1) is 12.7 Å². The summed E-state index contributed by atoms with van der Waals surface area (Å²) >= 11 is 3.27. The number of methoxy groups -OCH3 is 1. The van der Waals surface area contributed by atoms with Gasteiger partial charge >= 0.3 is 5.97 Å². The number of ether oxygens (including phenoxy) is 1. The van der Waals surface area contributed by atoms with Crippen molar-refractivity contribution in [3.63, 3.8) is 0 Å². The summed E-state index contributed by atoms with van der Waals surface area (Å²) in [4.78, 5) is 13.9. The molecular weight excluding hydrogens is 373 g/mol. The third-order valence-electron chi connectivity index (χ3n) is 4.11. The van der Waals surface area contributed by atoms with Crippen molar-refractivity contribution in [3.05, 3.63) is 81.5 Å². The third-order valence-corrected chi connectivity index (χ3v) is 4.60. The molecule has 124 valence electrons. The first-order chi connectivity index (χ1) is 11.5. The van der Waals surface area contributed by atoms with Crippen LogP contribution in [0.25, 0.3) is 0 Å². The molecule has 0 N–H and O–H groups in total. The van der Waals surface area contributed by atoms with Gasteiger partial charge in [0.2, 0.25) is 0 Å². The summed E-state index contributed by atoms with van der Waals surface area (Å²) in [5.41, 5.74) is 2.95. The van der Waals surface area contributed by atoms with Gasteiger partial charge in [-0.3, -0.25) is 0 Å². The number of esters is 1. The molecule has 24 heavy (non-hydrogen) atoms. The van der Waals surface area contributed by atoms with Crippen molar-refractivity contribution in [2.75, 3.05) is 7.11 Å². The minimum absolute atomic E-state index is 0.185. The van der Waals surface area contributed by atoms with Crippen LogP contribution in [0.3, 0.4) is 0 Å². The van der Waals surface area contributed by atoms with E-state index in [1.807, 2.05) is 42.3 Å². The van der Waals surface area contributed by atoms with E-state index in [2.05, 4.69) is 15.9 Å². The number of hydrogen-bond donors (Lipinski definition) is 0. The Morgan fingerprint density at radius 3 is 2.83 bits per heavy atom. The largest absolute Gasteiger partial charge is 0.465 e. The second kappa shape index (κ2) is 6.77. The average molecular weight is 390 g/mol. The second-order valence-corrected chi connectivity index (χ2v) is 6.49. The highest BCUT2D eigenvalue weighted by Crippen LogP contribution is 2.35. The number of rotatable bonds is 3. The van der Waals surface area contributed by atoms with Crippen molar-refractivity contribution >= 4 is 21.9 Å². The highest BCUT2D eigenvalue weighted by Gasteiger charge is 2.24. The van der Waals surface area contributed by atoms with Gasteiger partial charge in [0.25, 0.3) is 0 Å². The highest BCUT2D eigenvalue weighted by molar-refractivity contribution is 9.10. The van der Waals surface area contributed by atoms with Crippen LogP contribution in [0.15, 0.2) is 70.1 Å². The summed E-state index contributed by atoms with van der Waals surface area (Å²) in [6.07, 6.45) is 10.2. The Morgan fingerprint density at radius 1 is 1.38 bits per heavy atom. The van der Waals surface area contributed by atoms with Gasteiger partial charge in [0.1, 0.15) is 5.82 Å². The number of hydrogen-bond acceptors (Lipinski definition) is 3. The summed E-state index contributed by atoms with van der Waals surface area (Å²) < 4.78 is 19.8. The van der Waals surface area contributed by atoms with E-state index in [9.17, 15) is 9.18 Å². The molecule has 0 bridgehead atoms. The average Bonchev–Trinajstić information content (AvgIpc) is 2.59. The van der Waals surface area contributed by atoms with Crippen LogP contribution in [-0.4, -0.2) is 18.0 Å². The van der Waals surface area contributed by atoms with Gasteiger partial charge < -0.3 is 9.64 Å². The van der Waals surface area contributed by atoms with Crippen molar-refractivity contribution in [1.82, 2.24) is 4.90 Å². The van der Waals surface area contributed by atoms with E-state index in [0.29, 0.717) is 15.6 Å². The van der Waals surface area contributed by atoms with E-state index in [0.717, 1.165) is 17.8 Å². The number of carbonyl (C=O) groups is 1. The van der Waals surface area contributed by atoms with E-state index in [4.69, 9.17) is 4.74 Å². The molecule has 1 atom stereocenters. The van der Waals surface area contributed by atoms with Gasteiger partial charge in [0.15, 0.2) is 0 Å². The molecule has 0 saturated carbocycles. The SMILES string of the molecule is CCC1=CC(C(=O)OC)=CC2=CC(c3ccc(Br)cc3F)C=CN21. The molecule has 3 rings (SSSR count). The third kappa shape index (κ3) is 3.08. The number of benzene rings is 1. The Morgan fingerprint density at radius 2 is 2.17 bits per heavy atom. The maximum Gasteiger partial charge on any atom is 0.337 e. The zero-order valence-corrected chi connectivity index (χ0v) is 15.0. The van der Waals surface area contributed by atoms with Crippen molar-refractivity contribution in [2.24, 2.45) is 0 Å². The molecule has 1 aromatic rings. The highest BCUT2D eigenvalue weighted by atomic mass is 79.9. The first kappa shape index (κ1) is 16.7. The molecule has 3 nitrogen and oxygen atoms in total. The predicted molar refractivity (Wildman–Crippen MR) is 94.4 cm³/mol. The lowest BCUT2D eigenvalue weighted by atomic mass is 9.93. The van der Waals surface area contributed by atoms with Crippen LogP contribution in [0, 0.1) is 5.82 Å². The Bertz CT molecular complexity index is 808. The van der Waals surface area contributed by atoms with Crippen LogP contribution < -0.4 is 0 Å². The standard InChI is InChI=1S/C19H17BrFNO2/c1-3-15-9-13(19(23)24-2)10-16-8-12(6-7-22(15)16)17-5-4-14(20)11-18(17)21/h4-12H,3H2,1-2H3.